The van der Waals surface area contributed by atoms with Crippen LogP contribution in [0.15, 0.2) is 30.9 Å². The van der Waals surface area contributed by atoms with E-state index in [9.17, 15) is 4.79 Å². The first-order valence-electron chi connectivity index (χ1n) is 9.06. The summed E-state index contributed by atoms with van der Waals surface area (Å²) >= 11 is 0. The number of rotatable bonds is 4. The molecular weight excluding hydrogens is 330 g/mol. The average Bonchev–Trinajstić information content (AvgIpc) is 3.08. The van der Waals surface area contributed by atoms with Gasteiger partial charge in [0.05, 0.1) is 6.20 Å². The van der Waals surface area contributed by atoms with Gasteiger partial charge in [0.25, 0.3) is 5.91 Å². The Balaban J connectivity index is 1.28. The van der Waals surface area contributed by atoms with E-state index in [1.165, 1.54) is 12.8 Å². The number of aryl methyl sites for hydroxylation is 1. The van der Waals surface area contributed by atoms with Gasteiger partial charge in [0, 0.05) is 56.4 Å². The molecule has 26 heavy (non-hydrogen) atoms. The Kier molecular flexibility index (Phi) is 3.44. The predicted molar refractivity (Wildman–Crippen MR) is 96.3 cm³/mol. The molecule has 0 spiro atoms. The summed E-state index contributed by atoms with van der Waals surface area (Å²) in [7, 11) is 1.91. The highest BCUT2D eigenvalue weighted by Gasteiger charge is 2.29. The van der Waals surface area contributed by atoms with E-state index >= 15 is 0 Å². The minimum atomic E-state index is -0.0821. The zero-order valence-corrected chi connectivity index (χ0v) is 14.7. The summed E-state index contributed by atoms with van der Waals surface area (Å²) in [6, 6.07) is 2.10. The largest absolute Gasteiger partial charge is 0.347 e. The standard InChI is InChI=1S/C18H21N7O/c1-23-8-9-25-17(23)14(10-20-25)16(26)21-13-5-7-24(11-13)18-19-6-4-15(22-18)12-2-3-12/h4,6,8-10,12-13H,2-3,5,7,11H2,1H3,(H,21,26). The number of amides is 1. The van der Waals surface area contributed by atoms with Gasteiger partial charge in [-0.05, 0) is 25.3 Å². The van der Waals surface area contributed by atoms with E-state index in [-0.39, 0.29) is 11.9 Å². The Bertz CT molecular complexity index is 971. The molecule has 1 aliphatic heterocycles. The fraction of sp³-hybridized carbons (Fsp3) is 0.444. The Hall–Kier alpha value is -2.90. The number of nitrogens with zero attached hydrogens (tertiary/aromatic N) is 6. The van der Waals surface area contributed by atoms with Crippen LogP contribution >= 0.6 is 0 Å². The van der Waals surface area contributed by atoms with E-state index in [4.69, 9.17) is 4.98 Å². The van der Waals surface area contributed by atoms with Crippen molar-refractivity contribution in [1.29, 1.82) is 0 Å². The molecule has 1 saturated heterocycles. The summed E-state index contributed by atoms with van der Waals surface area (Å²) in [6.07, 6.45) is 10.6. The quantitative estimate of drug-likeness (QED) is 0.767. The number of carbonyl (C=O) groups excluding carboxylic acids is 1. The number of hydrogen-bond acceptors (Lipinski definition) is 5. The van der Waals surface area contributed by atoms with E-state index in [2.05, 4.69) is 20.3 Å². The highest BCUT2D eigenvalue weighted by Crippen LogP contribution is 2.39. The summed E-state index contributed by atoms with van der Waals surface area (Å²) in [6.45, 7) is 1.59. The van der Waals surface area contributed by atoms with Crippen molar-refractivity contribution in [3.63, 3.8) is 0 Å². The van der Waals surface area contributed by atoms with Crippen molar-refractivity contribution in [2.45, 2.75) is 31.2 Å². The lowest BCUT2D eigenvalue weighted by molar-refractivity contribution is 0.0941. The second-order valence-electron chi connectivity index (χ2n) is 7.20. The van der Waals surface area contributed by atoms with Crippen molar-refractivity contribution in [3.05, 3.63) is 42.1 Å². The van der Waals surface area contributed by atoms with Crippen LogP contribution in [-0.4, -0.2) is 49.2 Å². The normalized spacial score (nSPS) is 20.0. The van der Waals surface area contributed by atoms with Crippen LogP contribution in [0, 0.1) is 0 Å². The van der Waals surface area contributed by atoms with E-state index in [0.717, 1.165) is 36.8 Å². The Morgan fingerprint density at radius 2 is 2.15 bits per heavy atom. The molecule has 0 aromatic carbocycles. The topological polar surface area (TPSA) is 80.4 Å². The maximum absolute atomic E-state index is 12.7. The first-order valence-corrected chi connectivity index (χ1v) is 9.06. The van der Waals surface area contributed by atoms with Crippen LogP contribution in [0.25, 0.3) is 5.65 Å². The summed E-state index contributed by atoms with van der Waals surface area (Å²) in [5, 5.41) is 7.37. The lowest BCUT2D eigenvalue weighted by Crippen LogP contribution is -2.37. The van der Waals surface area contributed by atoms with Gasteiger partial charge in [-0.15, -0.1) is 0 Å². The van der Waals surface area contributed by atoms with Crippen LogP contribution < -0.4 is 10.2 Å². The highest BCUT2D eigenvalue weighted by atomic mass is 16.1. The number of imidazole rings is 1. The van der Waals surface area contributed by atoms with E-state index < -0.39 is 0 Å². The number of hydrogen-bond donors (Lipinski definition) is 1. The molecule has 1 aliphatic carbocycles. The molecule has 1 N–H and O–H groups in total. The monoisotopic (exact) mass is 351 g/mol. The molecular formula is C18H21N7O. The molecule has 0 radical (unpaired) electrons. The summed E-state index contributed by atoms with van der Waals surface area (Å²) < 4.78 is 3.62. The molecule has 5 rings (SSSR count). The van der Waals surface area contributed by atoms with Gasteiger partial charge in [-0.3, -0.25) is 4.79 Å². The van der Waals surface area contributed by atoms with Crippen molar-refractivity contribution in [2.75, 3.05) is 18.0 Å². The van der Waals surface area contributed by atoms with Crippen molar-refractivity contribution < 1.29 is 4.79 Å². The molecule has 8 nitrogen and oxygen atoms in total. The van der Waals surface area contributed by atoms with Crippen LogP contribution in [-0.2, 0) is 7.05 Å². The van der Waals surface area contributed by atoms with Crippen LogP contribution in [0.4, 0.5) is 5.95 Å². The lowest BCUT2D eigenvalue weighted by atomic mass is 10.2. The molecule has 8 heteroatoms. The van der Waals surface area contributed by atoms with Crippen LogP contribution in [0.3, 0.4) is 0 Å². The van der Waals surface area contributed by atoms with Gasteiger partial charge in [0.2, 0.25) is 5.95 Å². The summed E-state index contributed by atoms with van der Waals surface area (Å²) in [5.41, 5.74) is 2.55. The average molecular weight is 351 g/mol. The second-order valence-corrected chi connectivity index (χ2v) is 7.20. The minimum Gasteiger partial charge on any atom is -0.347 e. The molecule has 1 atom stereocenters. The van der Waals surface area contributed by atoms with Gasteiger partial charge in [-0.2, -0.15) is 5.10 Å². The van der Waals surface area contributed by atoms with E-state index in [1.807, 2.05) is 36.3 Å². The minimum absolute atomic E-state index is 0.0821. The smallest absolute Gasteiger partial charge is 0.256 e. The van der Waals surface area contributed by atoms with Crippen molar-refractivity contribution in [3.8, 4) is 0 Å². The third-order valence-electron chi connectivity index (χ3n) is 5.25. The lowest BCUT2D eigenvalue weighted by Gasteiger charge is -2.17. The molecule has 1 amide bonds. The van der Waals surface area contributed by atoms with Gasteiger partial charge in [0.15, 0.2) is 0 Å². The third kappa shape index (κ3) is 2.61. The molecule has 4 heterocycles. The first kappa shape index (κ1) is 15.4. The second kappa shape index (κ2) is 5.82. The Morgan fingerprint density at radius 1 is 1.27 bits per heavy atom. The van der Waals surface area contributed by atoms with Gasteiger partial charge in [0.1, 0.15) is 11.2 Å². The summed E-state index contributed by atoms with van der Waals surface area (Å²) in [4.78, 5) is 24.0. The van der Waals surface area contributed by atoms with Gasteiger partial charge < -0.3 is 14.8 Å². The number of carbonyl (C=O) groups is 1. The molecule has 0 bridgehead atoms. The Morgan fingerprint density at radius 3 is 3.00 bits per heavy atom. The molecule has 3 aromatic rings. The van der Waals surface area contributed by atoms with Crippen LogP contribution in [0.2, 0.25) is 0 Å². The maximum atomic E-state index is 12.7. The maximum Gasteiger partial charge on any atom is 0.256 e. The van der Waals surface area contributed by atoms with E-state index in [0.29, 0.717) is 11.5 Å². The van der Waals surface area contributed by atoms with E-state index in [1.54, 1.807) is 10.7 Å². The molecule has 2 fully saturated rings. The Labute approximate surface area is 150 Å². The van der Waals surface area contributed by atoms with Crippen molar-refractivity contribution >= 4 is 17.5 Å². The number of nitrogens with one attached hydrogen (secondary N) is 1. The third-order valence-corrected chi connectivity index (χ3v) is 5.25. The van der Waals surface area contributed by atoms with Gasteiger partial charge in [-0.1, -0.05) is 0 Å². The highest BCUT2D eigenvalue weighted by molar-refractivity contribution is 6.00. The fourth-order valence-electron chi connectivity index (χ4n) is 3.65. The molecule has 2 aliphatic rings. The first-order chi connectivity index (χ1) is 12.7. The number of fused-ring (bicyclic) bond motifs is 1. The van der Waals surface area contributed by atoms with Crippen LogP contribution in [0.5, 0.6) is 0 Å². The fourth-order valence-corrected chi connectivity index (χ4v) is 3.65. The molecule has 3 aromatic heterocycles. The zero-order valence-electron chi connectivity index (χ0n) is 14.7. The van der Waals surface area contributed by atoms with Crippen molar-refractivity contribution in [2.24, 2.45) is 7.05 Å². The zero-order chi connectivity index (χ0) is 17.7. The molecule has 1 saturated carbocycles. The molecule has 1 unspecified atom stereocenters. The number of anilines is 1. The van der Waals surface area contributed by atoms with Gasteiger partial charge >= 0.3 is 0 Å². The molecule has 134 valence electrons. The number of aromatic nitrogens is 5. The SMILES string of the molecule is Cn1ccn2ncc(C(=O)NC3CCN(c4nccc(C5CC5)n4)C3)c12. The predicted octanol–water partition coefficient (Wildman–Crippen LogP) is 1.35. The van der Waals surface area contributed by atoms with Gasteiger partial charge in [-0.25, -0.2) is 14.5 Å². The van der Waals surface area contributed by atoms with Crippen LogP contribution in [0.1, 0.15) is 41.2 Å². The summed E-state index contributed by atoms with van der Waals surface area (Å²) in [5.74, 6) is 1.31. The van der Waals surface area contributed by atoms with Crippen molar-refractivity contribution in [1.82, 2.24) is 29.5 Å².